The molecular formula is C27H32N2O4S. The summed E-state index contributed by atoms with van der Waals surface area (Å²) in [5.41, 5.74) is 4.54. The maximum absolute atomic E-state index is 13.9. The molecule has 2 heterocycles. The standard InChI is InChI=1S/C27H32N2O4S/c1-5-20-8-10-24-23(16-20)26(29-13-11-21(12-14-29)27(30)33-6-2)25(17-28-24)34(31,32)22-9-7-18(3)19(4)15-22/h7-10,15-17,21H,5-6,11-14H2,1-4H3. The highest BCUT2D eigenvalue weighted by molar-refractivity contribution is 7.91. The van der Waals surface area contributed by atoms with Crippen molar-refractivity contribution in [3.8, 4) is 0 Å². The Morgan fingerprint density at radius 1 is 1.06 bits per heavy atom. The number of piperidine rings is 1. The van der Waals surface area contributed by atoms with Gasteiger partial charge in [0.1, 0.15) is 4.90 Å². The first-order valence-electron chi connectivity index (χ1n) is 11.9. The molecule has 0 atom stereocenters. The Balaban J connectivity index is 1.84. The van der Waals surface area contributed by atoms with Crippen LogP contribution in [-0.4, -0.2) is 39.1 Å². The van der Waals surface area contributed by atoms with Crippen molar-refractivity contribution < 1.29 is 17.9 Å². The molecule has 1 aliphatic heterocycles. The van der Waals surface area contributed by atoms with Crippen molar-refractivity contribution in [2.75, 3.05) is 24.6 Å². The van der Waals surface area contributed by atoms with E-state index in [0.717, 1.165) is 34.0 Å². The minimum absolute atomic E-state index is 0.157. The molecule has 0 spiro atoms. The van der Waals surface area contributed by atoms with Crippen LogP contribution in [0.1, 0.15) is 43.4 Å². The number of nitrogens with zero attached hydrogens (tertiary/aromatic N) is 2. The number of pyridine rings is 1. The van der Waals surface area contributed by atoms with Crippen LogP contribution in [0.4, 0.5) is 5.69 Å². The van der Waals surface area contributed by atoms with Gasteiger partial charge in [-0.2, -0.15) is 0 Å². The van der Waals surface area contributed by atoms with Gasteiger partial charge in [0.2, 0.25) is 9.84 Å². The van der Waals surface area contributed by atoms with Gasteiger partial charge < -0.3 is 9.64 Å². The van der Waals surface area contributed by atoms with E-state index in [1.807, 2.05) is 39.0 Å². The maximum atomic E-state index is 13.9. The average molecular weight is 481 g/mol. The number of ether oxygens (including phenoxy) is 1. The van der Waals surface area contributed by atoms with E-state index in [1.54, 1.807) is 12.1 Å². The number of aromatic nitrogens is 1. The smallest absolute Gasteiger partial charge is 0.309 e. The van der Waals surface area contributed by atoms with Crippen LogP contribution in [0.15, 0.2) is 52.4 Å². The molecule has 180 valence electrons. The molecule has 6 nitrogen and oxygen atoms in total. The molecule has 0 radical (unpaired) electrons. The van der Waals surface area contributed by atoms with E-state index in [0.29, 0.717) is 38.2 Å². The first-order valence-corrected chi connectivity index (χ1v) is 13.4. The zero-order valence-electron chi connectivity index (χ0n) is 20.3. The number of rotatable bonds is 6. The third-order valence-corrected chi connectivity index (χ3v) is 8.54. The largest absolute Gasteiger partial charge is 0.466 e. The van der Waals surface area contributed by atoms with Crippen molar-refractivity contribution in [2.24, 2.45) is 5.92 Å². The molecule has 7 heteroatoms. The van der Waals surface area contributed by atoms with Gasteiger partial charge in [-0.1, -0.05) is 19.1 Å². The van der Waals surface area contributed by atoms with Gasteiger partial charge in [0.05, 0.1) is 28.6 Å². The van der Waals surface area contributed by atoms with Gasteiger partial charge in [0.25, 0.3) is 0 Å². The molecule has 1 fully saturated rings. The fourth-order valence-electron chi connectivity index (χ4n) is 4.56. The second kappa shape index (κ2) is 9.74. The second-order valence-electron chi connectivity index (χ2n) is 8.94. The highest BCUT2D eigenvalue weighted by atomic mass is 32.2. The molecule has 1 saturated heterocycles. The Labute approximate surface area is 201 Å². The average Bonchev–Trinajstić information content (AvgIpc) is 2.84. The van der Waals surface area contributed by atoms with Crippen molar-refractivity contribution in [2.45, 2.75) is 56.7 Å². The van der Waals surface area contributed by atoms with E-state index in [1.165, 1.54) is 6.20 Å². The summed E-state index contributed by atoms with van der Waals surface area (Å²) in [5.74, 6) is -0.326. The van der Waals surface area contributed by atoms with Crippen LogP contribution < -0.4 is 4.90 Å². The number of sulfone groups is 1. The van der Waals surface area contributed by atoms with Crippen LogP contribution in [0, 0.1) is 19.8 Å². The zero-order valence-corrected chi connectivity index (χ0v) is 21.1. The SMILES string of the molecule is CCOC(=O)C1CCN(c2c(S(=O)(=O)c3ccc(C)c(C)c3)cnc3ccc(CC)cc23)CC1. The van der Waals surface area contributed by atoms with Gasteiger partial charge in [-0.3, -0.25) is 9.78 Å². The Kier molecular flexibility index (Phi) is 6.94. The molecule has 0 bridgehead atoms. The molecule has 3 aromatic rings. The number of benzene rings is 2. The van der Waals surface area contributed by atoms with Crippen LogP contribution in [0.25, 0.3) is 10.9 Å². The minimum Gasteiger partial charge on any atom is -0.466 e. The third-order valence-electron chi connectivity index (χ3n) is 6.79. The molecule has 4 rings (SSSR count). The molecule has 0 aliphatic carbocycles. The van der Waals surface area contributed by atoms with E-state index >= 15 is 0 Å². The topological polar surface area (TPSA) is 76.6 Å². The highest BCUT2D eigenvalue weighted by Gasteiger charge is 2.31. The van der Waals surface area contributed by atoms with Crippen molar-refractivity contribution in [1.29, 1.82) is 0 Å². The summed E-state index contributed by atoms with van der Waals surface area (Å²) in [6, 6.07) is 11.3. The van der Waals surface area contributed by atoms with Crippen LogP contribution in [0.2, 0.25) is 0 Å². The van der Waals surface area contributed by atoms with Crippen molar-refractivity contribution in [1.82, 2.24) is 4.98 Å². The summed E-state index contributed by atoms with van der Waals surface area (Å²) < 4.78 is 33.0. The fraction of sp³-hybridized carbons (Fsp3) is 0.407. The van der Waals surface area contributed by atoms with Crippen LogP contribution in [0.5, 0.6) is 0 Å². The Hall–Kier alpha value is -2.93. The first kappa shape index (κ1) is 24.2. The summed E-state index contributed by atoms with van der Waals surface area (Å²) in [4.78, 5) is 19.4. The molecule has 2 aromatic carbocycles. The van der Waals surface area contributed by atoms with Crippen LogP contribution in [0.3, 0.4) is 0 Å². The minimum atomic E-state index is -3.80. The molecular weight excluding hydrogens is 448 g/mol. The van der Waals surface area contributed by atoms with Gasteiger partial charge in [-0.05, 0) is 81.0 Å². The van der Waals surface area contributed by atoms with Gasteiger partial charge in [0, 0.05) is 24.7 Å². The molecule has 1 aliphatic rings. The molecule has 0 N–H and O–H groups in total. The van der Waals surface area contributed by atoms with Crippen molar-refractivity contribution >= 4 is 32.4 Å². The lowest BCUT2D eigenvalue weighted by atomic mass is 9.96. The number of carbonyl (C=O) groups is 1. The molecule has 0 saturated carbocycles. The lowest BCUT2D eigenvalue weighted by Gasteiger charge is -2.34. The van der Waals surface area contributed by atoms with E-state index in [9.17, 15) is 13.2 Å². The number of hydrogen-bond donors (Lipinski definition) is 0. The number of anilines is 1. The normalized spacial score (nSPS) is 15.0. The summed E-state index contributed by atoms with van der Waals surface area (Å²) in [6.07, 6.45) is 3.58. The number of fused-ring (bicyclic) bond motifs is 1. The monoisotopic (exact) mass is 480 g/mol. The van der Waals surface area contributed by atoms with Gasteiger partial charge in [0.15, 0.2) is 0 Å². The van der Waals surface area contributed by atoms with Crippen LogP contribution in [-0.2, 0) is 25.8 Å². The summed E-state index contributed by atoms with van der Waals surface area (Å²) >= 11 is 0. The Morgan fingerprint density at radius 2 is 1.79 bits per heavy atom. The maximum Gasteiger partial charge on any atom is 0.309 e. The van der Waals surface area contributed by atoms with Gasteiger partial charge in [-0.15, -0.1) is 0 Å². The molecule has 34 heavy (non-hydrogen) atoms. The second-order valence-corrected chi connectivity index (χ2v) is 10.9. The van der Waals surface area contributed by atoms with Gasteiger partial charge >= 0.3 is 5.97 Å². The molecule has 1 aromatic heterocycles. The number of hydrogen-bond acceptors (Lipinski definition) is 6. The summed E-state index contributed by atoms with van der Waals surface area (Å²) in [5, 5.41) is 0.832. The Morgan fingerprint density at radius 3 is 2.44 bits per heavy atom. The van der Waals surface area contributed by atoms with Crippen LogP contribution >= 0.6 is 0 Å². The Bertz CT molecular complexity index is 1330. The quantitative estimate of drug-likeness (QED) is 0.461. The van der Waals surface area contributed by atoms with E-state index in [-0.39, 0.29) is 21.7 Å². The number of aryl methyl sites for hydroxylation is 3. The van der Waals surface area contributed by atoms with Crippen molar-refractivity contribution in [3.05, 3.63) is 59.3 Å². The molecule has 0 unspecified atom stereocenters. The lowest BCUT2D eigenvalue weighted by molar-refractivity contribution is -0.148. The predicted molar refractivity (Wildman–Crippen MR) is 134 cm³/mol. The lowest BCUT2D eigenvalue weighted by Crippen LogP contribution is -2.37. The first-order chi connectivity index (χ1) is 16.3. The fourth-order valence-corrected chi connectivity index (χ4v) is 6.08. The summed E-state index contributed by atoms with van der Waals surface area (Å²) in [7, 11) is -3.80. The summed E-state index contributed by atoms with van der Waals surface area (Å²) in [6.45, 7) is 9.30. The van der Waals surface area contributed by atoms with E-state index in [2.05, 4.69) is 22.9 Å². The van der Waals surface area contributed by atoms with Crippen molar-refractivity contribution in [3.63, 3.8) is 0 Å². The highest BCUT2D eigenvalue weighted by Crippen LogP contribution is 2.38. The zero-order chi connectivity index (χ0) is 24.5. The number of carbonyl (C=O) groups excluding carboxylic acids is 1. The number of esters is 1. The predicted octanol–water partition coefficient (Wildman–Crippen LogP) is 5.03. The third kappa shape index (κ3) is 4.53. The molecule has 0 amide bonds. The van der Waals surface area contributed by atoms with E-state index in [4.69, 9.17) is 4.74 Å². The van der Waals surface area contributed by atoms with E-state index < -0.39 is 9.84 Å². The van der Waals surface area contributed by atoms with Gasteiger partial charge in [-0.25, -0.2) is 8.42 Å².